The fraction of sp³-hybridized carbons (Fsp3) is 0.0465. The van der Waals surface area contributed by atoms with E-state index in [4.69, 9.17) is 4.98 Å². The molecule has 218 valence electrons. The molecule has 8 rings (SSSR count). The van der Waals surface area contributed by atoms with Crippen molar-refractivity contribution in [2.75, 3.05) is 0 Å². The van der Waals surface area contributed by atoms with Gasteiger partial charge >= 0.3 is 0 Å². The summed E-state index contributed by atoms with van der Waals surface area (Å²) < 4.78 is 0. The van der Waals surface area contributed by atoms with Crippen molar-refractivity contribution in [1.29, 1.82) is 0 Å². The summed E-state index contributed by atoms with van der Waals surface area (Å²) in [6.45, 7) is 2.25. The molecule has 0 amide bonds. The van der Waals surface area contributed by atoms with Gasteiger partial charge in [0, 0.05) is 12.4 Å². The normalized spacial score (nSPS) is 13.4. The van der Waals surface area contributed by atoms with Crippen LogP contribution in [0, 0.1) is 6.92 Å². The Morgan fingerprint density at radius 3 is 2.04 bits per heavy atom. The van der Waals surface area contributed by atoms with Gasteiger partial charge in [0.05, 0.1) is 22.8 Å². The highest BCUT2D eigenvalue weighted by Gasteiger charge is 2.19. The molecule has 3 aromatic heterocycles. The van der Waals surface area contributed by atoms with Gasteiger partial charge in [0.15, 0.2) is 0 Å². The third kappa shape index (κ3) is 5.22. The minimum absolute atomic E-state index is 0.819. The van der Waals surface area contributed by atoms with Gasteiger partial charge in [0.1, 0.15) is 0 Å². The van der Waals surface area contributed by atoms with Crippen LogP contribution >= 0.6 is 0 Å². The highest BCUT2D eigenvalue weighted by atomic mass is 14.8. The number of hydrogen-bond acceptors (Lipinski definition) is 3. The molecule has 46 heavy (non-hydrogen) atoms. The molecule has 0 unspecified atom stereocenters. The maximum Gasteiger partial charge on any atom is 0.0900 e. The van der Waals surface area contributed by atoms with Crippen molar-refractivity contribution >= 4 is 22.4 Å². The van der Waals surface area contributed by atoms with Crippen LogP contribution in [0.1, 0.15) is 27.8 Å². The van der Waals surface area contributed by atoms with Crippen LogP contribution in [0.2, 0.25) is 0 Å². The Morgan fingerprint density at radius 2 is 1.28 bits per heavy atom. The zero-order valence-electron chi connectivity index (χ0n) is 25.6. The lowest BCUT2D eigenvalue weighted by atomic mass is 9.83. The van der Waals surface area contributed by atoms with Crippen molar-refractivity contribution in [2.45, 2.75) is 13.3 Å². The van der Waals surface area contributed by atoms with Gasteiger partial charge < -0.3 is 0 Å². The van der Waals surface area contributed by atoms with Gasteiger partial charge in [-0.05, 0) is 117 Å². The van der Waals surface area contributed by atoms with Crippen molar-refractivity contribution in [1.82, 2.24) is 15.0 Å². The van der Waals surface area contributed by atoms with Crippen molar-refractivity contribution in [3.05, 3.63) is 185 Å². The first kappa shape index (κ1) is 27.6. The monoisotopic (exact) mass is 589 g/mol. The van der Waals surface area contributed by atoms with Crippen LogP contribution in [0.25, 0.3) is 56.3 Å². The molecule has 3 heterocycles. The molecule has 0 spiro atoms. The summed E-state index contributed by atoms with van der Waals surface area (Å²) >= 11 is 0. The molecule has 1 aliphatic carbocycles. The minimum Gasteiger partial charge on any atom is -0.255 e. The van der Waals surface area contributed by atoms with Crippen molar-refractivity contribution < 1.29 is 0 Å². The summed E-state index contributed by atoms with van der Waals surface area (Å²) in [7, 11) is 0. The van der Waals surface area contributed by atoms with E-state index < -0.39 is 0 Å². The number of aromatic nitrogens is 3. The average molecular weight is 590 g/mol. The summed E-state index contributed by atoms with van der Waals surface area (Å²) in [6.07, 6.45) is 9.07. The van der Waals surface area contributed by atoms with Crippen LogP contribution in [0.5, 0.6) is 0 Å². The topological polar surface area (TPSA) is 38.7 Å². The quantitative estimate of drug-likeness (QED) is 0.200. The number of benzene rings is 4. The van der Waals surface area contributed by atoms with Gasteiger partial charge in [-0.25, -0.2) is 4.98 Å². The van der Waals surface area contributed by atoms with E-state index in [1.807, 2.05) is 48.8 Å². The molecule has 1 aliphatic rings. The number of nitrogens with zero attached hydrogens (tertiary/aromatic N) is 3. The van der Waals surface area contributed by atoms with Crippen molar-refractivity contribution in [2.24, 2.45) is 0 Å². The number of hydrogen-bond donors (Lipinski definition) is 0. The Balaban J connectivity index is 1.33. The van der Waals surface area contributed by atoms with E-state index in [0.717, 1.165) is 40.3 Å². The molecule has 0 fully saturated rings. The second kappa shape index (κ2) is 11.9. The number of pyridine rings is 3. The van der Waals surface area contributed by atoms with E-state index >= 15 is 0 Å². The summed E-state index contributed by atoms with van der Waals surface area (Å²) in [5.41, 5.74) is 14.4. The van der Waals surface area contributed by atoms with E-state index in [1.165, 1.54) is 49.7 Å². The Morgan fingerprint density at radius 1 is 0.565 bits per heavy atom. The second-order valence-electron chi connectivity index (χ2n) is 11.7. The zero-order valence-corrected chi connectivity index (χ0v) is 25.6. The highest BCUT2D eigenvalue weighted by molar-refractivity contribution is 5.95. The molecule has 0 saturated heterocycles. The zero-order chi connectivity index (χ0) is 30.9. The van der Waals surface area contributed by atoms with Gasteiger partial charge in [0.2, 0.25) is 0 Å². The first-order valence-corrected chi connectivity index (χ1v) is 15.6. The first-order valence-electron chi connectivity index (χ1n) is 15.6. The van der Waals surface area contributed by atoms with Crippen LogP contribution in [0.4, 0.5) is 0 Å². The molecule has 0 radical (unpaired) electrons. The molecule has 0 saturated carbocycles. The lowest BCUT2D eigenvalue weighted by Crippen LogP contribution is -2.03. The Bertz CT molecular complexity index is 2220. The summed E-state index contributed by atoms with van der Waals surface area (Å²) in [5.74, 6) is 0. The molecule has 0 aliphatic heterocycles. The maximum absolute atomic E-state index is 5.00. The van der Waals surface area contributed by atoms with E-state index in [2.05, 4.69) is 126 Å². The Kier molecular flexibility index (Phi) is 7.12. The molecule has 0 bridgehead atoms. The van der Waals surface area contributed by atoms with Crippen molar-refractivity contribution in [3.63, 3.8) is 0 Å². The smallest absolute Gasteiger partial charge is 0.0900 e. The van der Waals surface area contributed by atoms with Crippen molar-refractivity contribution in [3.8, 4) is 33.9 Å². The number of rotatable bonds is 5. The summed E-state index contributed by atoms with van der Waals surface area (Å²) in [6, 6.07) is 47.0. The number of fused-ring (bicyclic) bond motifs is 2. The third-order valence-corrected chi connectivity index (χ3v) is 8.85. The third-order valence-electron chi connectivity index (χ3n) is 8.85. The van der Waals surface area contributed by atoms with E-state index in [0.29, 0.717) is 0 Å². The molecule has 0 N–H and O–H groups in total. The first-order chi connectivity index (χ1) is 22.7. The molecular weight excluding hydrogens is 558 g/mol. The lowest BCUT2D eigenvalue weighted by molar-refractivity contribution is 1.17. The van der Waals surface area contributed by atoms with Gasteiger partial charge in [-0.2, -0.15) is 0 Å². The molecule has 3 nitrogen and oxygen atoms in total. The van der Waals surface area contributed by atoms with E-state index in [9.17, 15) is 0 Å². The summed E-state index contributed by atoms with van der Waals surface area (Å²) in [4.78, 5) is 14.2. The Hall–Kier alpha value is -5.93. The Labute approximate surface area is 269 Å². The lowest BCUT2D eigenvalue weighted by Gasteiger charge is -2.21. The van der Waals surface area contributed by atoms with E-state index in [-0.39, 0.29) is 0 Å². The molecule has 4 aromatic carbocycles. The van der Waals surface area contributed by atoms with Crippen LogP contribution in [0.15, 0.2) is 158 Å². The van der Waals surface area contributed by atoms with Crippen LogP contribution in [0.3, 0.4) is 0 Å². The van der Waals surface area contributed by atoms with E-state index in [1.54, 1.807) is 0 Å². The minimum atomic E-state index is 0.819. The molecule has 3 heteroatoms. The summed E-state index contributed by atoms with van der Waals surface area (Å²) in [5, 5.41) is 2.54. The maximum atomic E-state index is 5.00. The highest BCUT2D eigenvalue weighted by Crippen LogP contribution is 2.38. The SMILES string of the molecule is Cc1c(/C(=C2/C=Cc3ccccc3C2)c2cccc(-c3cc(-c4ccccn4)nc(-c4ccccn4)c3)c2)ccc2ccccc12. The number of allylic oxidation sites excluding steroid dienone is 2. The van der Waals surface area contributed by atoms with Gasteiger partial charge in [0.25, 0.3) is 0 Å². The van der Waals surface area contributed by atoms with Crippen LogP contribution < -0.4 is 0 Å². The molecule has 0 atom stereocenters. The standard InChI is InChI=1S/C43H31N3/c1-29-37-16-5-4-12-31(37)21-22-38(29)43(35-20-19-30-11-2-3-13-32(30)25-35)34-15-10-14-33(26-34)36-27-41(39-17-6-8-23-44-39)46-42(28-36)40-18-7-9-24-45-40/h2-24,26-28H,25H2,1H3/b43-35-. The van der Waals surface area contributed by atoms with Crippen LogP contribution in [-0.4, -0.2) is 15.0 Å². The average Bonchev–Trinajstić information content (AvgIpc) is 3.13. The van der Waals surface area contributed by atoms with Gasteiger partial charge in [-0.1, -0.05) is 103 Å². The predicted octanol–water partition coefficient (Wildman–Crippen LogP) is 10.4. The van der Waals surface area contributed by atoms with Gasteiger partial charge in [-0.15, -0.1) is 0 Å². The molecular formula is C43H31N3. The second-order valence-corrected chi connectivity index (χ2v) is 11.7. The predicted molar refractivity (Wildman–Crippen MR) is 190 cm³/mol. The molecule has 7 aromatic rings. The van der Waals surface area contributed by atoms with Gasteiger partial charge in [-0.3, -0.25) is 9.97 Å². The van der Waals surface area contributed by atoms with Crippen LogP contribution in [-0.2, 0) is 6.42 Å². The fourth-order valence-electron chi connectivity index (χ4n) is 6.54. The fourth-order valence-corrected chi connectivity index (χ4v) is 6.54. The number of aryl methyl sites for hydroxylation is 1. The largest absolute Gasteiger partial charge is 0.255 e.